The van der Waals surface area contributed by atoms with E-state index >= 15 is 0 Å². The highest BCUT2D eigenvalue weighted by Crippen LogP contribution is 2.17. The van der Waals surface area contributed by atoms with Gasteiger partial charge in [-0.3, -0.25) is 9.59 Å². The predicted molar refractivity (Wildman–Crippen MR) is 107 cm³/mol. The first-order valence-electron chi connectivity index (χ1n) is 8.41. The predicted octanol–water partition coefficient (Wildman–Crippen LogP) is 1.72. The molecular weight excluding hydrogens is 380 g/mol. The summed E-state index contributed by atoms with van der Waals surface area (Å²) in [4.78, 5) is 23.0. The van der Waals surface area contributed by atoms with Gasteiger partial charge in [0.15, 0.2) is 0 Å². The minimum absolute atomic E-state index is 0.0139. The van der Waals surface area contributed by atoms with E-state index in [1.807, 2.05) is 31.2 Å². The average Bonchev–Trinajstić information content (AvgIpc) is 2.63. The molecule has 28 heavy (non-hydrogen) atoms. The molecule has 0 aliphatic rings. The molecule has 2 N–H and O–H groups in total. The van der Waals surface area contributed by atoms with Crippen molar-refractivity contribution in [1.29, 1.82) is 0 Å². The van der Waals surface area contributed by atoms with Gasteiger partial charge in [0.2, 0.25) is 15.9 Å². The van der Waals surface area contributed by atoms with Crippen molar-refractivity contribution >= 4 is 33.7 Å². The number of nitrogens with one attached hydrogen (secondary N) is 2. The van der Waals surface area contributed by atoms with Crippen LogP contribution in [0.25, 0.3) is 0 Å². The zero-order chi connectivity index (χ0) is 20.7. The van der Waals surface area contributed by atoms with Crippen molar-refractivity contribution in [2.45, 2.75) is 18.7 Å². The number of hydrogen-bond donors (Lipinski definition) is 2. The number of anilines is 1. The first-order chi connectivity index (χ1) is 13.2. The Labute approximate surface area is 164 Å². The number of nitrogens with zero attached hydrogens (tertiary/aromatic N) is 2. The van der Waals surface area contributed by atoms with E-state index in [4.69, 9.17) is 0 Å². The zero-order valence-electron chi connectivity index (χ0n) is 15.8. The van der Waals surface area contributed by atoms with Crippen LogP contribution in [0.3, 0.4) is 0 Å². The van der Waals surface area contributed by atoms with Gasteiger partial charge in [-0.1, -0.05) is 29.8 Å². The summed E-state index contributed by atoms with van der Waals surface area (Å²) in [5.74, 6) is -0.820. The van der Waals surface area contributed by atoms with Gasteiger partial charge >= 0.3 is 0 Å². The number of rotatable bonds is 7. The Hall–Kier alpha value is -3.04. The van der Waals surface area contributed by atoms with Crippen molar-refractivity contribution in [3.8, 4) is 0 Å². The molecule has 0 heterocycles. The summed E-state index contributed by atoms with van der Waals surface area (Å²) in [5.41, 5.74) is 4.71. The number of hydrogen-bond acceptors (Lipinski definition) is 5. The van der Waals surface area contributed by atoms with Crippen molar-refractivity contribution in [3.63, 3.8) is 0 Å². The van der Waals surface area contributed by atoms with Gasteiger partial charge in [0.05, 0.1) is 17.7 Å². The van der Waals surface area contributed by atoms with Gasteiger partial charge in [-0.05, 0) is 36.8 Å². The smallest absolute Gasteiger partial charge is 0.255 e. The van der Waals surface area contributed by atoms with Crippen molar-refractivity contribution in [2.75, 3.05) is 18.9 Å². The molecule has 0 aliphatic heterocycles. The van der Waals surface area contributed by atoms with Crippen molar-refractivity contribution < 1.29 is 18.0 Å². The van der Waals surface area contributed by atoms with Gasteiger partial charge in [0.25, 0.3) is 5.91 Å². The van der Waals surface area contributed by atoms with Crippen LogP contribution in [-0.4, -0.2) is 44.3 Å². The number of likely N-dealkylation sites (N-methyl/N-ethyl adjacent to an activating group) is 1. The van der Waals surface area contributed by atoms with E-state index in [1.54, 1.807) is 0 Å². The summed E-state index contributed by atoms with van der Waals surface area (Å²) >= 11 is 0. The molecular formula is C19H22N4O4S. The van der Waals surface area contributed by atoms with E-state index in [-0.39, 0.29) is 17.3 Å². The Morgan fingerprint density at radius 3 is 2.25 bits per heavy atom. The summed E-state index contributed by atoms with van der Waals surface area (Å²) < 4.78 is 26.0. The van der Waals surface area contributed by atoms with E-state index in [0.29, 0.717) is 5.69 Å². The Morgan fingerprint density at radius 2 is 1.68 bits per heavy atom. The van der Waals surface area contributed by atoms with Crippen LogP contribution in [0.15, 0.2) is 58.5 Å². The third kappa shape index (κ3) is 6.00. The quantitative estimate of drug-likeness (QED) is 0.543. The third-order valence-corrected chi connectivity index (χ3v) is 5.55. The van der Waals surface area contributed by atoms with Crippen LogP contribution >= 0.6 is 0 Å². The Morgan fingerprint density at radius 1 is 1.07 bits per heavy atom. The SMILES string of the molecule is CC(=O)Nc1ccc(S(=O)(=O)N(C)CC(=O)N/N=C\c2ccc(C)cc2)cc1. The van der Waals surface area contributed by atoms with Crippen LogP contribution in [-0.2, 0) is 19.6 Å². The summed E-state index contributed by atoms with van der Waals surface area (Å²) in [5, 5.41) is 6.39. The maximum atomic E-state index is 12.5. The number of aryl methyl sites for hydroxylation is 1. The van der Waals surface area contributed by atoms with Gasteiger partial charge in [-0.15, -0.1) is 0 Å². The van der Waals surface area contributed by atoms with Crippen molar-refractivity contribution in [3.05, 3.63) is 59.7 Å². The lowest BCUT2D eigenvalue weighted by Gasteiger charge is -2.16. The van der Waals surface area contributed by atoms with Crippen LogP contribution in [0.2, 0.25) is 0 Å². The second-order valence-corrected chi connectivity index (χ2v) is 8.22. The lowest BCUT2D eigenvalue weighted by molar-refractivity contribution is -0.121. The molecule has 148 valence electrons. The summed E-state index contributed by atoms with van der Waals surface area (Å²) in [6.07, 6.45) is 1.48. The Balaban J connectivity index is 1.96. The second kappa shape index (κ2) is 9.25. The van der Waals surface area contributed by atoms with Gasteiger partial charge in [0, 0.05) is 19.7 Å². The summed E-state index contributed by atoms with van der Waals surface area (Å²) in [7, 11) is -2.55. The van der Waals surface area contributed by atoms with Crippen LogP contribution in [0.4, 0.5) is 5.69 Å². The molecule has 8 nitrogen and oxygen atoms in total. The maximum absolute atomic E-state index is 12.5. The highest BCUT2D eigenvalue weighted by atomic mass is 32.2. The maximum Gasteiger partial charge on any atom is 0.255 e. The van der Waals surface area contributed by atoms with Gasteiger partial charge in [-0.2, -0.15) is 9.41 Å². The molecule has 2 aromatic carbocycles. The van der Waals surface area contributed by atoms with Crippen LogP contribution in [0.5, 0.6) is 0 Å². The van der Waals surface area contributed by atoms with Gasteiger partial charge < -0.3 is 5.32 Å². The highest BCUT2D eigenvalue weighted by molar-refractivity contribution is 7.89. The van der Waals surface area contributed by atoms with Gasteiger partial charge in [0.1, 0.15) is 0 Å². The molecule has 2 amide bonds. The fraction of sp³-hybridized carbons (Fsp3) is 0.211. The van der Waals surface area contributed by atoms with E-state index < -0.39 is 15.9 Å². The first kappa shape index (κ1) is 21.3. The first-order valence-corrected chi connectivity index (χ1v) is 9.85. The molecule has 0 saturated carbocycles. The van der Waals surface area contributed by atoms with Crippen molar-refractivity contribution in [2.24, 2.45) is 5.10 Å². The van der Waals surface area contributed by atoms with Crippen LogP contribution < -0.4 is 10.7 Å². The van der Waals surface area contributed by atoms with E-state index in [0.717, 1.165) is 15.4 Å². The number of carbonyl (C=O) groups is 2. The molecule has 0 unspecified atom stereocenters. The van der Waals surface area contributed by atoms with E-state index in [1.165, 1.54) is 44.5 Å². The molecule has 2 aromatic rings. The second-order valence-electron chi connectivity index (χ2n) is 6.17. The molecule has 0 aromatic heterocycles. The normalized spacial score (nSPS) is 11.6. The largest absolute Gasteiger partial charge is 0.326 e. The van der Waals surface area contributed by atoms with Crippen LogP contribution in [0.1, 0.15) is 18.1 Å². The van der Waals surface area contributed by atoms with Crippen molar-refractivity contribution in [1.82, 2.24) is 9.73 Å². The fourth-order valence-corrected chi connectivity index (χ4v) is 3.37. The summed E-state index contributed by atoms with van der Waals surface area (Å²) in [6.45, 7) is 2.94. The Bertz CT molecular complexity index is 968. The molecule has 0 bridgehead atoms. The van der Waals surface area contributed by atoms with Gasteiger partial charge in [-0.25, -0.2) is 13.8 Å². The third-order valence-electron chi connectivity index (χ3n) is 3.73. The Kier molecular flexibility index (Phi) is 7.02. The topological polar surface area (TPSA) is 108 Å². The minimum atomic E-state index is -3.85. The molecule has 9 heteroatoms. The fourth-order valence-electron chi connectivity index (χ4n) is 2.25. The minimum Gasteiger partial charge on any atom is -0.326 e. The van der Waals surface area contributed by atoms with E-state index in [2.05, 4.69) is 15.8 Å². The number of hydrazone groups is 1. The standard InChI is InChI=1S/C19H22N4O4S/c1-14-4-6-16(7-5-14)12-20-22-19(25)13-23(3)28(26,27)18-10-8-17(9-11-18)21-15(2)24/h4-12H,13H2,1-3H3,(H,21,24)(H,22,25)/b20-12-. The average molecular weight is 402 g/mol. The monoisotopic (exact) mass is 402 g/mol. The molecule has 2 rings (SSSR count). The molecule has 0 radical (unpaired) electrons. The zero-order valence-corrected chi connectivity index (χ0v) is 16.7. The number of amides is 2. The molecule has 0 fully saturated rings. The summed E-state index contributed by atoms with van der Waals surface area (Å²) in [6, 6.07) is 13.2. The number of sulfonamides is 1. The number of carbonyl (C=O) groups excluding carboxylic acids is 2. The molecule has 0 aliphatic carbocycles. The molecule has 0 atom stereocenters. The highest BCUT2D eigenvalue weighted by Gasteiger charge is 2.22. The lowest BCUT2D eigenvalue weighted by atomic mass is 10.2. The molecule has 0 spiro atoms. The molecule has 0 saturated heterocycles. The van der Waals surface area contributed by atoms with Crippen LogP contribution in [0, 0.1) is 6.92 Å². The number of benzene rings is 2. The lowest BCUT2D eigenvalue weighted by Crippen LogP contribution is -2.36. The van der Waals surface area contributed by atoms with E-state index in [9.17, 15) is 18.0 Å².